The van der Waals surface area contributed by atoms with Crippen LogP contribution in [0.4, 0.5) is 0 Å². The van der Waals surface area contributed by atoms with Gasteiger partial charge in [-0.1, -0.05) is 6.07 Å². The number of carbonyl (C=O) groups excluding carboxylic acids is 1. The average molecular weight is 536 g/mol. The smallest absolute Gasteiger partial charge is 0.259 e. The average Bonchev–Trinajstić information content (AvgIpc) is 3.27. The number of likely N-dealkylation sites (tertiary alicyclic amines) is 1. The Kier molecular flexibility index (Phi) is 8.58. The minimum atomic E-state index is 0. The summed E-state index contributed by atoms with van der Waals surface area (Å²) >= 11 is 0. The minimum Gasteiger partial charge on any atom is -1.00 e. The van der Waals surface area contributed by atoms with Gasteiger partial charge in [0, 0.05) is 19.2 Å². The molecule has 0 radical (unpaired) electrons. The summed E-state index contributed by atoms with van der Waals surface area (Å²) in [5, 5.41) is 0. The van der Waals surface area contributed by atoms with Gasteiger partial charge in [0.15, 0.2) is 23.9 Å². The number of carbonyl (C=O) groups is 1. The summed E-state index contributed by atoms with van der Waals surface area (Å²) in [6, 6.07) is 10.2. The van der Waals surface area contributed by atoms with E-state index in [1.165, 1.54) is 18.4 Å². The van der Waals surface area contributed by atoms with E-state index in [2.05, 4.69) is 12.1 Å². The molecule has 1 aromatic carbocycles. The lowest BCUT2D eigenvalue weighted by atomic mass is 9.90. The molecule has 0 spiro atoms. The van der Waals surface area contributed by atoms with E-state index in [9.17, 15) is 4.79 Å². The molecular weight excluding hydrogens is 503 g/mol. The van der Waals surface area contributed by atoms with Gasteiger partial charge in [0.25, 0.3) is 5.91 Å². The molecule has 1 aromatic heterocycles. The number of nitrogens with zero attached hydrogens (tertiary/aromatic N) is 2. The maximum Gasteiger partial charge on any atom is 0.259 e. The molecule has 0 N–H and O–H groups in total. The summed E-state index contributed by atoms with van der Waals surface area (Å²) in [5.41, 5.74) is 2.06. The maximum atomic E-state index is 12.8. The zero-order chi connectivity index (χ0) is 20.9. The van der Waals surface area contributed by atoms with E-state index in [1.807, 2.05) is 47.1 Å². The van der Waals surface area contributed by atoms with Crippen LogP contribution in [0.1, 0.15) is 54.4 Å². The molecule has 2 heterocycles. The second-order valence-electron chi connectivity index (χ2n) is 8.71. The van der Waals surface area contributed by atoms with Crippen molar-refractivity contribution in [1.29, 1.82) is 0 Å². The highest BCUT2D eigenvalue weighted by Crippen LogP contribution is 2.34. The Bertz CT molecular complexity index is 875. The largest absolute Gasteiger partial charge is 1.00 e. The number of piperidine rings is 1. The van der Waals surface area contributed by atoms with Crippen LogP contribution in [0.25, 0.3) is 0 Å². The summed E-state index contributed by atoms with van der Waals surface area (Å²) in [6.45, 7) is 1.65. The van der Waals surface area contributed by atoms with Gasteiger partial charge in [0.05, 0.1) is 13.2 Å². The molecule has 4 rings (SSSR count). The number of methoxy groups -OCH3 is 1. The van der Waals surface area contributed by atoms with Crippen molar-refractivity contribution in [2.45, 2.75) is 51.0 Å². The SMILES string of the molecule is COc1ccc(CC2CCN(C(=O)c3ccc[n+](C)c3)CC2)cc1OC1CCCC1.[I-]. The molecule has 1 aliphatic carbocycles. The third-order valence-electron chi connectivity index (χ3n) is 6.44. The molecule has 1 saturated heterocycles. The Morgan fingerprint density at radius 2 is 1.84 bits per heavy atom. The molecule has 6 heteroatoms. The molecule has 0 unspecified atom stereocenters. The van der Waals surface area contributed by atoms with Crippen LogP contribution >= 0.6 is 0 Å². The van der Waals surface area contributed by atoms with Gasteiger partial charge in [0.1, 0.15) is 12.6 Å². The van der Waals surface area contributed by atoms with Crippen molar-refractivity contribution in [3.05, 3.63) is 53.9 Å². The lowest BCUT2D eigenvalue weighted by Gasteiger charge is -2.32. The van der Waals surface area contributed by atoms with E-state index < -0.39 is 0 Å². The number of rotatable bonds is 6. The molecule has 2 aliphatic rings. The molecule has 5 nitrogen and oxygen atoms in total. The normalized spacial score (nSPS) is 17.3. The van der Waals surface area contributed by atoms with Crippen LogP contribution in [-0.4, -0.2) is 37.1 Å². The predicted molar refractivity (Wildman–Crippen MR) is 116 cm³/mol. The summed E-state index contributed by atoms with van der Waals surface area (Å²) in [7, 11) is 3.65. The van der Waals surface area contributed by atoms with Crippen molar-refractivity contribution in [1.82, 2.24) is 4.90 Å². The van der Waals surface area contributed by atoms with Gasteiger partial charge in [-0.2, -0.15) is 0 Å². The van der Waals surface area contributed by atoms with E-state index >= 15 is 0 Å². The van der Waals surface area contributed by atoms with E-state index in [4.69, 9.17) is 9.47 Å². The Morgan fingerprint density at radius 1 is 1.10 bits per heavy atom. The van der Waals surface area contributed by atoms with E-state index in [0.717, 1.165) is 62.3 Å². The van der Waals surface area contributed by atoms with Crippen LogP contribution in [0.5, 0.6) is 11.5 Å². The zero-order valence-corrected chi connectivity index (χ0v) is 20.7. The van der Waals surface area contributed by atoms with Gasteiger partial charge < -0.3 is 38.4 Å². The van der Waals surface area contributed by atoms with Crippen molar-refractivity contribution in [2.75, 3.05) is 20.2 Å². The zero-order valence-electron chi connectivity index (χ0n) is 18.6. The van der Waals surface area contributed by atoms with Gasteiger partial charge >= 0.3 is 0 Å². The number of amides is 1. The van der Waals surface area contributed by atoms with Gasteiger partial charge in [-0.3, -0.25) is 4.79 Å². The fraction of sp³-hybridized carbons (Fsp3) is 0.520. The van der Waals surface area contributed by atoms with Gasteiger partial charge in [-0.25, -0.2) is 4.57 Å². The summed E-state index contributed by atoms with van der Waals surface area (Å²) in [4.78, 5) is 14.8. The topological polar surface area (TPSA) is 42.7 Å². The van der Waals surface area contributed by atoms with E-state index in [-0.39, 0.29) is 29.9 Å². The second-order valence-corrected chi connectivity index (χ2v) is 8.71. The fourth-order valence-electron chi connectivity index (χ4n) is 4.70. The number of hydrogen-bond donors (Lipinski definition) is 0. The van der Waals surface area contributed by atoms with Crippen LogP contribution in [-0.2, 0) is 13.5 Å². The monoisotopic (exact) mass is 536 g/mol. The van der Waals surface area contributed by atoms with Gasteiger partial charge in [-0.15, -0.1) is 0 Å². The van der Waals surface area contributed by atoms with Crippen molar-refractivity contribution >= 4 is 5.91 Å². The summed E-state index contributed by atoms with van der Waals surface area (Å²) in [6.07, 6.45) is 12.1. The Morgan fingerprint density at radius 3 is 2.52 bits per heavy atom. The third-order valence-corrected chi connectivity index (χ3v) is 6.44. The Balaban J connectivity index is 0.00000272. The number of ether oxygens (including phenoxy) is 2. The van der Waals surface area contributed by atoms with Crippen molar-refractivity contribution in [2.24, 2.45) is 13.0 Å². The summed E-state index contributed by atoms with van der Waals surface area (Å²) < 4.78 is 13.7. The number of halogens is 1. The highest BCUT2D eigenvalue weighted by Gasteiger charge is 2.25. The van der Waals surface area contributed by atoms with Crippen LogP contribution in [0, 0.1) is 5.92 Å². The van der Waals surface area contributed by atoms with Crippen LogP contribution in [0.3, 0.4) is 0 Å². The summed E-state index contributed by atoms with van der Waals surface area (Å²) in [5.74, 6) is 2.43. The van der Waals surface area contributed by atoms with Crippen LogP contribution < -0.4 is 38.0 Å². The van der Waals surface area contributed by atoms with Crippen molar-refractivity contribution in [3.8, 4) is 11.5 Å². The molecule has 0 bridgehead atoms. The molecular formula is C25H33IN2O3. The first-order valence-electron chi connectivity index (χ1n) is 11.2. The highest BCUT2D eigenvalue weighted by molar-refractivity contribution is 5.93. The molecule has 1 amide bonds. The second kappa shape index (κ2) is 11.2. The third kappa shape index (κ3) is 6.11. The maximum absolute atomic E-state index is 12.8. The molecule has 1 aliphatic heterocycles. The lowest BCUT2D eigenvalue weighted by Crippen LogP contribution is -3.00. The molecule has 2 fully saturated rings. The Labute approximate surface area is 202 Å². The molecule has 168 valence electrons. The molecule has 0 atom stereocenters. The van der Waals surface area contributed by atoms with Crippen molar-refractivity contribution in [3.63, 3.8) is 0 Å². The molecule has 1 saturated carbocycles. The quantitative estimate of drug-likeness (QED) is 0.408. The first-order valence-corrected chi connectivity index (χ1v) is 11.2. The first kappa shape index (κ1) is 23.8. The predicted octanol–water partition coefficient (Wildman–Crippen LogP) is 0.940. The molecule has 2 aromatic rings. The number of pyridine rings is 1. The van der Waals surface area contributed by atoms with Gasteiger partial charge in [0.2, 0.25) is 0 Å². The Hall–Kier alpha value is -1.83. The molecule has 31 heavy (non-hydrogen) atoms. The number of aryl methyl sites for hydroxylation is 1. The minimum absolute atomic E-state index is 0. The lowest BCUT2D eigenvalue weighted by molar-refractivity contribution is -0.671. The number of hydrogen-bond acceptors (Lipinski definition) is 3. The van der Waals surface area contributed by atoms with Gasteiger partial charge in [-0.05, 0) is 74.6 Å². The van der Waals surface area contributed by atoms with Crippen LogP contribution in [0.15, 0.2) is 42.7 Å². The number of benzene rings is 1. The highest BCUT2D eigenvalue weighted by atomic mass is 127. The number of aromatic nitrogens is 1. The first-order chi connectivity index (χ1) is 14.6. The fourth-order valence-corrected chi connectivity index (χ4v) is 4.70. The van der Waals surface area contributed by atoms with E-state index in [1.54, 1.807) is 7.11 Å². The van der Waals surface area contributed by atoms with Crippen molar-refractivity contribution < 1.29 is 42.8 Å². The standard InChI is InChI=1S/C25H33N2O3.HI/c1-26-13-5-6-21(18-26)25(28)27-14-11-19(12-15-27)16-20-9-10-23(29-2)24(17-20)30-22-7-3-4-8-22;/h5-6,9-10,13,17-19,22H,3-4,7-8,11-12,14-16H2,1-2H3;1H/q+1;/p-1. The van der Waals surface area contributed by atoms with Crippen LogP contribution in [0.2, 0.25) is 0 Å². The van der Waals surface area contributed by atoms with E-state index in [0.29, 0.717) is 12.0 Å².